The minimum Gasteiger partial charge on any atom is -0.457 e. The van der Waals surface area contributed by atoms with E-state index < -0.39 is 5.92 Å². The van der Waals surface area contributed by atoms with Gasteiger partial charge in [-0.3, -0.25) is 4.98 Å². The van der Waals surface area contributed by atoms with Gasteiger partial charge in [0.25, 0.3) is 0 Å². The van der Waals surface area contributed by atoms with Crippen LogP contribution in [0.15, 0.2) is 79.1 Å². The van der Waals surface area contributed by atoms with Crippen molar-refractivity contribution in [3.8, 4) is 22.6 Å². The predicted molar refractivity (Wildman–Crippen MR) is 177 cm³/mol. The average molecular weight is 695 g/mol. The van der Waals surface area contributed by atoms with Crippen molar-refractivity contribution in [1.82, 2.24) is 4.98 Å². The molecule has 9 heteroatoms. The van der Waals surface area contributed by atoms with Crippen molar-refractivity contribution < 1.29 is 4.74 Å². The molecule has 0 N–H and O–H groups in total. The van der Waals surface area contributed by atoms with E-state index in [-0.39, 0.29) is 5.41 Å². The molecule has 42 heavy (non-hydrogen) atoms. The van der Waals surface area contributed by atoms with Crippen LogP contribution in [-0.2, 0) is 5.41 Å². The summed E-state index contributed by atoms with van der Waals surface area (Å²) < 4.78 is 6.24. The Morgan fingerprint density at radius 1 is 0.571 bits per heavy atom. The van der Waals surface area contributed by atoms with E-state index in [9.17, 15) is 0 Å². The molecule has 0 saturated heterocycles. The molecule has 1 atom stereocenters. The zero-order chi connectivity index (χ0) is 29.9. The van der Waals surface area contributed by atoms with E-state index in [0.717, 1.165) is 33.8 Å². The summed E-state index contributed by atoms with van der Waals surface area (Å²) in [6, 6.07) is 21.1. The Morgan fingerprint density at radius 2 is 1.10 bits per heavy atom. The summed E-state index contributed by atoms with van der Waals surface area (Å²) in [6.07, 6.45) is 3.00. The zero-order valence-corrected chi connectivity index (χ0v) is 27.4. The number of ether oxygens (including phenoxy) is 1. The monoisotopic (exact) mass is 691 g/mol. The summed E-state index contributed by atoms with van der Waals surface area (Å²) >= 11 is 47.1. The van der Waals surface area contributed by atoms with Crippen LogP contribution in [-0.4, -0.2) is 4.98 Å². The molecule has 1 aliphatic heterocycles. The van der Waals surface area contributed by atoms with E-state index in [1.807, 2.05) is 42.5 Å². The van der Waals surface area contributed by atoms with Crippen LogP contribution in [0.3, 0.4) is 0 Å². The van der Waals surface area contributed by atoms with Crippen LogP contribution in [0, 0.1) is 0 Å². The summed E-state index contributed by atoms with van der Waals surface area (Å²) in [7, 11) is 0. The fourth-order valence-corrected chi connectivity index (χ4v) is 7.93. The third-order valence-electron chi connectivity index (χ3n) is 7.65. The third-order valence-corrected chi connectivity index (χ3v) is 9.72. The second-order valence-corrected chi connectivity index (χ2v) is 13.4. The molecule has 1 aromatic heterocycles. The Morgan fingerprint density at radius 3 is 1.71 bits per heavy atom. The van der Waals surface area contributed by atoms with Crippen molar-refractivity contribution in [2.45, 2.75) is 25.2 Å². The number of nitrogens with zero attached hydrogens (tertiary/aromatic N) is 1. The Hall–Kier alpha value is -2.14. The highest BCUT2D eigenvalue weighted by atomic mass is 35.5. The first-order chi connectivity index (χ1) is 20.0. The maximum absolute atomic E-state index is 7.06. The lowest BCUT2D eigenvalue weighted by atomic mass is 9.75. The SMILES string of the molecule is CC1(C)c2ccccc2Oc2ccc(-c3cc(Cl)c(C(c4c(Cl)cncc4Cl)c4c(Cl)cc(Cl)cc4Cl)c(Cl)c3)cc21. The van der Waals surface area contributed by atoms with Gasteiger partial charge in [0.2, 0.25) is 0 Å². The number of benzene rings is 4. The van der Waals surface area contributed by atoms with Crippen LogP contribution in [0.5, 0.6) is 11.5 Å². The number of fused-ring (bicyclic) bond motifs is 2. The Kier molecular flexibility index (Phi) is 8.13. The van der Waals surface area contributed by atoms with Gasteiger partial charge >= 0.3 is 0 Å². The van der Waals surface area contributed by atoms with E-state index in [0.29, 0.717) is 51.8 Å². The standard InChI is InChI=1S/C33H20Cl7NO/c1-33(2)19-5-3-4-6-27(19)42-28-8-7-16(9-20(28)33)17-10-21(35)29(22(36)11-17)32(31-25(39)14-41-15-26(31)40)30-23(37)12-18(34)13-24(30)38/h3-15,32H,1-2H3. The van der Waals surface area contributed by atoms with Gasteiger partial charge in [0.05, 0.1) is 10.0 Å². The van der Waals surface area contributed by atoms with Gasteiger partial charge in [0.15, 0.2) is 0 Å². The van der Waals surface area contributed by atoms with Crippen LogP contribution in [0.1, 0.15) is 47.6 Å². The lowest BCUT2D eigenvalue weighted by molar-refractivity contribution is 0.418. The van der Waals surface area contributed by atoms with E-state index in [2.05, 4.69) is 31.0 Å². The molecule has 0 spiro atoms. The molecule has 0 bridgehead atoms. The molecular formula is C33H20Cl7NO. The number of rotatable bonds is 4. The highest BCUT2D eigenvalue weighted by Gasteiger charge is 2.35. The quantitative estimate of drug-likeness (QED) is 0.187. The molecule has 0 aliphatic carbocycles. The van der Waals surface area contributed by atoms with E-state index in [4.69, 9.17) is 85.9 Å². The molecule has 4 aromatic carbocycles. The fourth-order valence-electron chi connectivity index (χ4n) is 5.61. The first-order valence-electron chi connectivity index (χ1n) is 12.8. The number of pyridine rings is 1. The molecule has 2 heterocycles. The van der Waals surface area contributed by atoms with Gasteiger partial charge in [-0.05, 0) is 53.6 Å². The second-order valence-electron chi connectivity index (χ2n) is 10.5. The zero-order valence-electron chi connectivity index (χ0n) is 22.1. The van der Waals surface area contributed by atoms with Gasteiger partial charge in [-0.15, -0.1) is 0 Å². The first kappa shape index (κ1) is 29.9. The van der Waals surface area contributed by atoms with Gasteiger partial charge in [-0.2, -0.15) is 0 Å². The van der Waals surface area contributed by atoms with Gasteiger partial charge < -0.3 is 4.74 Å². The largest absolute Gasteiger partial charge is 0.457 e. The number of hydrogen-bond donors (Lipinski definition) is 0. The average Bonchev–Trinajstić information content (AvgIpc) is 2.92. The van der Waals surface area contributed by atoms with E-state index in [1.165, 1.54) is 12.4 Å². The van der Waals surface area contributed by atoms with Crippen LogP contribution >= 0.6 is 81.2 Å². The minimum atomic E-state index is -0.716. The molecule has 0 amide bonds. The summed E-state index contributed by atoms with van der Waals surface area (Å²) in [5.41, 5.74) is 5.22. The van der Waals surface area contributed by atoms with Gasteiger partial charge in [-0.1, -0.05) is 119 Å². The molecule has 2 nitrogen and oxygen atoms in total. The lowest BCUT2D eigenvalue weighted by Gasteiger charge is -2.34. The molecular weight excluding hydrogens is 675 g/mol. The van der Waals surface area contributed by atoms with Crippen LogP contribution in [0.25, 0.3) is 11.1 Å². The highest BCUT2D eigenvalue weighted by Crippen LogP contribution is 2.52. The molecule has 1 unspecified atom stereocenters. The van der Waals surface area contributed by atoms with Crippen molar-refractivity contribution in [2.75, 3.05) is 0 Å². The van der Waals surface area contributed by atoms with Crippen molar-refractivity contribution in [2.24, 2.45) is 0 Å². The smallest absolute Gasteiger partial charge is 0.131 e. The summed E-state index contributed by atoms with van der Waals surface area (Å²) in [5.74, 6) is 0.953. The van der Waals surface area contributed by atoms with Crippen LogP contribution < -0.4 is 4.74 Å². The number of aromatic nitrogens is 1. The lowest BCUT2D eigenvalue weighted by Crippen LogP contribution is -2.24. The summed E-state index contributed by atoms with van der Waals surface area (Å²) in [4.78, 5) is 4.11. The molecule has 0 radical (unpaired) electrons. The fraction of sp³-hybridized carbons (Fsp3) is 0.121. The second kappa shape index (κ2) is 11.4. The molecule has 212 valence electrons. The Bertz CT molecular complexity index is 1820. The summed E-state index contributed by atoms with van der Waals surface area (Å²) in [5, 5.41) is 2.39. The first-order valence-corrected chi connectivity index (χ1v) is 15.5. The van der Waals surface area contributed by atoms with Crippen LogP contribution in [0.4, 0.5) is 0 Å². The molecule has 0 saturated carbocycles. The van der Waals surface area contributed by atoms with Crippen molar-refractivity contribution in [3.63, 3.8) is 0 Å². The molecule has 0 fully saturated rings. The van der Waals surface area contributed by atoms with Crippen molar-refractivity contribution in [3.05, 3.63) is 142 Å². The molecule has 5 aromatic rings. The number of hydrogen-bond acceptors (Lipinski definition) is 2. The topological polar surface area (TPSA) is 22.1 Å². The van der Waals surface area contributed by atoms with E-state index >= 15 is 0 Å². The van der Waals surface area contributed by atoms with E-state index in [1.54, 1.807) is 12.1 Å². The normalized spacial score (nSPS) is 14.1. The van der Waals surface area contributed by atoms with Gasteiger partial charge in [0.1, 0.15) is 11.5 Å². The third kappa shape index (κ3) is 5.16. The van der Waals surface area contributed by atoms with Gasteiger partial charge in [-0.25, -0.2) is 0 Å². The van der Waals surface area contributed by atoms with Gasteiger partial charge in [0, 0.05) is 76.7 Å². The molecule has 1 aliphatic rings. The molecule has 6 rings (SSSR count). The Labute approximate surface area is 279 Å². The minimum absolute atomic E-state index is 0.282. The maximum atomic E-state index is 7.06. The van der Waals surface area contributed by atoms with Crippen molar-refractivity contribution >= 4 is 81.2 Å². The predicted octanol–water partition coefficient (Wildman–Crippen LogP) is 12.9. The Balaban J connectivity index is 1.52. The van der Waals surface area contributed by atoms with Crippen LogP contribution in [0.2, 0.25) is 35.2 Å². The highest BCUT2D eigenvalue weighted by molar-refractivity contribution is 6.41. The maximum Gasteiger partial charge on any atom is 0.131 e. The van der Waals surface area contributed by atoms with Crippen molar-refractivity contribution in [1.29, 1.82) is 0 Å². The number of halogens is 7. The summed E-state index contributed by atoms with van der Waals surface area (Å²) in [6.45, 7) is 4.37. The number of para-hydroxylation sites is 1.